The van der Waals surface area contributed by atoms with Crippen LogP contribution in [0.4, 0.5) is 0 Å². The molecule has 0 bridgehead atoms. The van der Waals surface area contributed by atoms with E-state index in [0.717, 1.165) is 50.5 Å². The van der Waals surface area contributed by atoms with Gasteiger partial charge in [-0.2, -0.15) is 0 Å². The molecular formula is C16H25ClN4O. The van der Waals surface area contributed by atoms with Crippen LogP contribution >= 0.6 is 11.6 Å². The standard InChI is InChI=1S/C16H25ClN4O/c1-3-18-15(21-12-16(2)8-4-10-22-16)19-9-7-13-5-6-14(17)20-11-13/h5-6,11H,3-4,7-10,12H2,1-2H3,(H2,18,19,21). The summed E-state index contributed by atoms with van der Waals surface area (Å²) in [5, 5.41) is 7.14. The van der Waals surface area contributed by atoms with Crippen molar-refractivity contribution in [2.45, 2.75) is 38.7 Å². The molecule has 0 amide bonds. The molecule has 0 radical (unpaired) electrons. The van der Waals surface area contributed by atoms with E-state index in [-0.39, 0.29) is 5.60 Å². The molecular weight excluding hydrogens is 300 g/mol. The van der Waals surface area contributed by atoms with Gasteiger partial charge in [-0.05, 0) is 44.7 Å². The monoisotopic (exact) mass is 324 g/mol. The van der Waals surface area contributed by atoms with E-state index in [1.807, 2.05) is 18.3 Å². The normalized spacial score (nSPS) is 21.9. The van der Waals surface area contributed by atoms with Crippen LogP contribution < -0.4 is 10.6 Å². The van der Waals surface area contributed by atoms with Crippen LogP contribution in [0, 0.1) is 0 Å². The van der Waals surface area contributed by atoms with Crippen molar-refractivity contribution in [1.29, 1.82) is 0 Å². The second-order valence-electron chi connectivity index (χ2n) is 5.76. The Labute approximate surface area is 137 Å². The Kier molecular flexibility index (Phi) is 6.46. The van der Waals surface area contributed by atoms with Crippen LogP contribution in [0.2, 0.25) is 5.15 Å². The van der Waals surface area contributed by atoms with Gasteiger partial charge in [0.2, 0.25) is 0 Å². The van der Waals surface area contributed by atoms with Gasteiger partial charge in [0, 0.05) is 25.9 Å². The number of pyridine rings is 1. The average molecular weight is 325 g/mol. The van der Waals surface area contributed by atoms with Gasteiger partial charge >= 0.3 is 0 Å². The summed E-state index contributed by atoms with van der Waals surface area (Å²) in [6.45, 7) is 7.36. The molecule has 1 fully saturated rings. The van der Waals surface area contributed by atoms with Crippen LogP contribution in [-0.4, -0.2) is 42.8 Å². The summed E-state index contributed by atoms with van der Waals surface area (Å²) in [5.41, 5.74) is 1.04. The maximum absolute atomic E-state index is 5.79. The number of hydrogen-bond donors (Lipinski definition) is 2. The van der Waals surface area contributed by atoms with Gasteiger partial charge in [-0.15, -0.1) is 0 Å². The Morgan fingerprint density at radius 2 is 2.32 bits per heavy atom. The zero-order valence-corrected chi connectivity index (χ0v) is 14.1. The smallest absolute Gasteiger partial charge is 0.191 e. The summed E-state index contributed by atoms with van der Waals surface area (Å²) in [6, 6.07) is 3.81. The maximum atomic E-state index is 5.79. The number of nitrogens with zero attached hydrogens (tertiary/aromatic N) is 2. The van der Waals surface area contributed by atoms with Gasteiger partial charge in [-0.3, -0.25) is 4.99 Å². The molecule has 0 aromatic carbocycles. The van der Waals surface area contributed by atoms with Crippen molar-refractivity contribution in [3.8, 4) is 0 Å². The average Bonchev–Trinajstić information content (AvgIpc) is 2.94. The molecule has 22 heavy (non-hydrogen) atoms. The largest absolute Gasteiger partial charge is 0.373 e. The Morgan fingerprint density at radius 1 is 1.45 bits per heavy atom. The summed E-state index contributed by atoms with van der Waals surface area (Å²) >= 11 is 5.79. The molecule has 0 spiro atoms. The quantitative estimate of drug-likeness (QED) is 0.479. The van der Waals surface area contributed by atoms with Crippen LogP contribution in [-0.2, 0) is 11.2 Å². The lowest BCUT2D eigenvalue weighted by Crippen LogP contribution is -2.40. The summed E-state index contributed by atoms with van der Waals surface area (Å²) in [4.78, 5) is 8.73. The molecule has 1 unspecified atom stereocenters. The summed E-state index contributed by atoms with van der Waals surface area (Å²) in [7, 11) is 0. The van der Waals surface area contributed by atoms with Gasteiger partial charge in [0.1, 0.15) is 5.15 Å². The Bertz CT molecular complexity index is 483. The highest BCUT2D eigenvalue weighted by Gasteiger charge is 2.29. The lowest BCUT2D eigenvalue weighted by Gasteiger charge is -2.21. The molecule has 5 nitrogen and oxygen atoms in total. The third-order valence-electron chi connectivity index (χ3n) is 3.71. The molecule has 6 heteroatoms. The molecule has 0 aliphatic carbocycles. The molecule has 122 valence electrons. The van der Waals surface area contributed by atoms with Crippen LogP contribution in [0.1, 0.15) is 32.3 Å². The lowest BCUT2D eigenvalue weighted by molar-refractivity contribution is 0.0283. The van der Waals surface area contributed by atoms with Gasteiger partial charge in [0.25, 0.3) is 0 Å². The van der Waals surface area contributed by atoms with E-state index in [2.05, 4.69) is 34.5 Å². The topological polar surface area (TPSA) is 58.5 Å². The fourth-order valence-electron chi connectivity index (χ4n) is 2.43. The number of guanidine groups is 1. The Balaban J connectivity index is 1.81. The predicted molar refractivity (Wildman–Crippen MR) is 90.5 cm³/mol. The first kappa shape index (κ1) is 17.0. The highest BCUT2D eigenvalue weighted by atomic mass is 35.5. The van der Waals surface area contributed by atoms with Crippen molar-refractivity contribution < 1.29 is 4.74 Å². The number of ether oxygens (including phenoxy) is 1. The minimum atomic E-state index is -0.109. The maximum Gasteiger partial charge on any atom is 0.191 e. The minimum absolute atomic E-state index is 0.109. The van der Waals surface area contributed by atoms with Crippen molar-refractivity contribution in [2.24, 2.45) is 4.99 Å². The van der Waals surface area contributed by atoms with Gasteiger partial charge in [-0.25, -0.2) is 4.98 Å². The van der Waals surface area contributed by atoms with Crippen molar-refractivity contribution in [3.63, 3.8) is 0 Å². The molecule has 0 saturated carbocycles. The third kappa shape index (κ3) is 5.46. The zero-order chi connectivity index (χ0) is 15.8. The second-order valence-corrected chi connectivity index (χ2v) is 6.15. The Hall–Kier alpha value is -1.33. The van der Waals surface area contributed by atoms with E-state index < -0.39 is 0 Å². The fraction of sp³-hybridized carbons (Fsp3) is 0.625. The molecule has 2 heterocycles. The number of aromatic nitrogens is 1. The van der Waals surface area contributed by atoms with Crippen molar-refractivity contribution in [2.75, 3.05) is 26.2 Å². The van der Waals surface area contributed by atoms with E-state index in [0.29, 0.717) is 11.7 Å². The summed E-state index contributed by atoms with van der Waals surface area (Å²) in [5.74, 6) is 0.834. The molecule has 1 aliphatic heterocycles. The van der Waals surface area contributed by atoms with Crippen molar-refractivity contribution >= 4 is 17.6 Å². The molecule has 2 rings (SSSR count). The first-order valence-corrected chi connectivity index (χ1v) is 8.26. The molecule has 1 aromatic heterocycles. The van der Waals surface area contributed by atoms with E-state index in [4.69, 9.17) is 16.3 Å². The third-order valence-corrected chi connectivity index (χ3v) is 3.93. The highest BCUT2D eigenvalue weighted by molar-refractivity contribution is 6.29. The van der Waals surface area contributed by atoms with E-state index in [1.165, 1.54) is 0 Å². The highest BCUT2D eigenvalue weighted by Crippen LogP contribution is 2.24. The number of hydrogen-bond acceptors (Lipinski definition) is 3. The lowest BCUT2D eigenvalue weighted by atomic mass is 10.0. The molecule has 1 saturated heterocycles. The van der Waals surface area contributed by atoms with E-state index >= 15 is 0 Å². The predicted octanol–water partition coefficient (Wildman–Crippen LogP) is 2.40. The van der Waals surface area contributed by atoms with Crippen LogP contribution in [0.3, 0.4) is 0 Å². The van der Waals surface area contributed by atoms with E-state index in [1.54, 1.807) is 0 Å². The number of rotatable bonds is 6. The first-order valence-electron chi connectivity index (χ1n) is 7.88. The van der Waals surface area contributed by atoms with Gasteiger partial charge in [-0.1, -0.05) is 17.7 Å². The minimum Gasteiger partial charge on any atom is -0.373 e. The van der Waals surface area contributed by atoms with Gasteiger partial charge < -0.3 is 15.4 Å². The SMILES string of the molecule is CCNC(=NCC1(C)CCCO1)NCCc1ccc(Cl)nc1. The molecule has 1 aliphatic rings. The molecule has 1 atom stereocenters. The summed E-state index contributed by atoms with van der Waals surface area (Å²) < 4.78 is 5.77. The zero-order valence-electron chi connectivity index (χ0n) is 13.4. The summed E-state index contributed by atoms with van der Waals surface area (Å²) in [6.07, 6.45) is 4.88. The fourth-order valence-corrected chi connectivity index (χ4v) is 2.54. The number of nitrogens with one attached hydrogen (secondary N) is 2. The number of aliphatic imine (C=N–C) groups is 1. The van der Waals surface area contributed by atoms with Gasteiger partial charge in [0.15, 0.2) is 5.96 Å². The van der Waals surface area contributed by atoms with Crippen molar-refractivity contribution in [3.05, 3.63) is 29.0 Å². The number of halogens is 1. The second kappa shape index (κ2) is 8.34. The molecule has 2 N–H and O–H groups in total. The molecule has 1 aromatic rings. The van der Waals surface area contributed by atoms with Crippen LogP contribution in [0.25, 0.3) is 0 Å². The van der Waals surface area contributed by atoms with E-state index in [9.17, 15) is 0 Å². The Morgan fingerprint density at radius 3 is 2.95 bits per heavy atom. The van der Waals surface area contributed by atoms with Crippen LogP contribution in [0.5, 0.6) is 0 Å². The van der Waals surface area contributed by atoms with Gasteiger partial charge in [0.05, 0.1) is 12.1 Å². The first-order chi connectivity index (χ1) is 10.6. The van der Waals surface area contributed by atoms with Crippen molar-refractivity contribution in [1.82, 2.24) is 15.6 Å². The van der Waals surface area contributed by atoms with Crippen LogP contribution in [0.15, 0.2) is 23.3 Å².